The molecule has 1 amide bonds. The molecule has 1 aromatic rings. The summed E-state index contributed by atoms with van der Waals surface area (Å²) in [4.78, 5) is 22.1. The zero-order valence-corrected chi connectivity index (χ0v) is 7.70. The average molecular weight is 180 g/mol. The van der Waals surface area contributed by atoms with Gasteiger partial charge in [0.05, 0.1) is 0 Å². The highest BCUT2D eigenvalue weighted by Gasteiger charge is 2.05. The van der Waals surface area contributed by atoms with Gasteiger partial charge in [-0.3, -0.25) is 9.59 Å². The molecule has 70 valence electrons. The zero-order chi connectivity index (χ0) is 10.0. The molecule has 0 radical (unpaired) electrons. The minimum absolute atomic E-state index is 0.201. The molecule has 0 unspecified atom stereocenters. The third-order valence-corrected chi connectivity index (χ3v) is 2.01. The predicted molar refractivity (Wildman–Crippen MR) is 49.6 cm³/mol. The molecular formula is C9H12N2O2. The maximum atomic E-state index is 11.3. The average Bonchev–Trinajstić information content (AvgIpc) is 2.09. The highest BCUT2D eigenvalue weighted by molar-refractivity contribution is 5.92. The van der Waals surface area contributed by atoms with Gasteiger partial charge in [0.2, 0.25) is 5.91 Å². The van der Waals surface area contributed by atoms with Crippen molar-refractivity contribution in [1.29, 1.82) is 0 Å². The molecule has 1 aromatic heterocycles. The highest BCUT2D eigenvalue weighted by Crippen LogP contribution is 2.00. The van der Waals surface area contributed by atoms with Crippen LogP contribution in [0.4, 0.5) is 0 Å². The van der Waals surface area contributed by atoms with E-state index in [1.165, 1.54) is 10.6 Å². The van der Waals surface area contributed by atoms with Crippen LogP contribution in [-0.4, -0.2) is 10.5 Å². The van der Waals surface area contributed by atoms with Crippen LogP contribution in [0.15, 0.2) is 16.9 Å². The number of hydrogen-bond donors (Lipinski definition) is 1. The number of rotatable bonds is 2. The molecule has 0 aliphatic rings. The van der Waals surface area contributed by atoms with Crippen LogP contribution in [0.5, 0.6) is 0 Å². The zero-order valence-electron chi connectivity index (χ0n) is 7.70. The Kier molecular flexibility index (Phi) is 2.51. The van der Waals surface area contributed by atoms with Gasteiger partial charge in [0.15, 0.2) is 0 Å². The Labute approximate surface area is 76.0 Å². The van der Waals surface area contributed by atoms with E-state index in [1.54, 1.807) is 13.1 Å². The van der Waals surface area contributed by atoms with Crippen LogP contribution in [0.2, 0.25) is 0 Å². The smallest absolute Gasteiger partial charge is 0.251 e. The number of nitrogens with zero attached hydrogens (tertiary/aromatic N) is 1. The molecule has 0 atom stereocenters. The van der Waals surface area contributed by atoms with Crippen LogP contribution in [0, 0.1) is 0 Å². The third kappa shape index (κ3) is 1.77. The molecule has 13 heavy (non-hydrogen) atoms. The van der Waals surface area contributed by atoms with Gasteiger partial charge in [-0.15, -0.1) is 0 Å². The van der Waals surface area contributed by atoms with Gasteiger partial charge in [0, 0.05) is 24.4 Å². The van der Waals surface area contributed by atoms with Crippen molar-refractivity contribution in [2.75, 3.05) is 0 Å². The maximum absolute atomic E-state index is 11.3. The first-order valence-corrected chi connectivity index (χ1v) is 4.06. The van der Waals surface area contributed by atoms with Crippen molar-refractivity contribution in [3.63, 3.8) is 0 Å². The second-order valence-corrected chi connectivity index (χ2v) is 2.85. The van der Waals surface area contributed by atoms with E-state index >= 15 is 0 Å². The van der Waals surface area contributed by atoms with Crippen LogP contribution in [-0.2, 0) is 13.5 Å². The first-order chi connectivity index (χ1) is 6.06. The topological polar surface area (TPSA) is 65.1 Å². The molecule has 4 heteroatoms. The van der Waals surface area contributed by atoms with Gasteiger partial charge in [0.25, 0.3) is 5.56 Å². The van der Waals surface area contributed by atoms with Crippen molar-refractivity contribution in [2.45, 2.75) is 13.3 Å². The third-order valence-electron chi connectivity index (χ3n) is 2.01. The Hall–Kier alpha value is -1.58. The van der Waals surface area contributed by atoms with Crippen LogP contribution < -0.4 is 11.3 Å². The van der Waals surface area contributed by atoms with Gasteiger partial charge in [-0.25, -0.2) is 0 Å². The van der Waals surface area contributed by atoms with Crippen molar-refractivity contribution >= 4 is 5.91 Å². The SMILES string of the molecule is CCc1cc(C(N)=O)cc(=O)n1C. The summed E-state index contributed by atoms with van der Waals surface area (Å²) < 4.78 is 1.51. The number of aryl methyl sites for hydroxylation is 1. The molecule has 1 rings (SSSR count). The number of carbonyl (C=O) groups excluding carboxylic acids is 1. The fourth-order valence-corrected chi connectivity index (χ4v) is 1.17. The summed E-state index contributed by atoms with van der Waals surface area (Å²) in [6.45, 7) is 1.92. The summed E-state index contributed by atoms with van der Waals surface area (Å²) in [5.41, 5.74) is 5.95. The van der Waals surface area contributed by atoms with Gasteiger partial charge in [0.1, 0.15) is 0 Å². The lowest BCUT2D eigenvalue weighted by atomic mass is 10.2. The van der Waals surface area contributed by atoms with Gasteiger partial charge < -0.3 is 10.3 Å². The van der Waals surface area contributed by atoms with Crippen LogP contribution in [0.1, 0.15) is 23.0 Å². The van der Waals surface area contributed by atoms with Crippen LogP contribution >= 0.6 is 0 Å². The number of amides is 1. The van der Waals surface area contributed by atoms with E-state index < -0.39 is 5.91 Å². The molecule has 2 N–H and O–H groups in total. The standard InChI is InChI=1S/C9H12N2O2/c1-3-7-4-6(9(10)13)5-8(12)11(7)2/h4-5H,3H2,1-2H3,(H2,10,13). The van der Waals surface area contributed by atoms with E-state index in [4.69, 9.17) is 5.73 Å². The lowest BCUT2D eigenvalue weighted by Gasteiger charge is -2.06. The van der Waals surface area contributed by atoms with Gasteiger partial charge in [-0.05, 0) is 12.5 Å². The highest BCUT2D eigenvalue weighted by atomic mass is 16.1. The Balaban J connectivity index is 3.39. The molecule has 0 saturated heterocycles. The summed E-state index contributed by atoms with van der Waals surface area (Å²) in [6, 6.07) is 2.89. The van der Waals surface area contributed by atoms with E-state index in [0.717, 1.165) is 5.69 Å². The first-order valence-electron chi connectivity index (χ1n) is 4.06. The molecule has 0 aliphatic heterocycles. The van der Waals surface area contributed by atoms with E-state index in [-0.39, 0.29) is 11.1 Å². The molecule has 0 fully saturated rings. The Morgan fingerprint density at radius 3 is 2.62 bits per heavy atom. The number of pyridine rings is 1. The van der Waals surface area contributed by atoms with Gasteiger partial charge >= 0.3 is 0 Å². The molecule has 0 bridgehead atoms. The molecule has 0 aromatic carbocycles. The molecule has 0 saturated carbocycles. The van der Waals surface area contributed by atoms with Gasteiger partial charge in [-0.2, -0.15) is 0 Å². The number of nitrogens with two attached hydrogens (primary N) is 1. The second-order valence-electron chi connectivity index (χ2n) is 2.85. The monoisotopic (exact) mass is 180 g/mol. The maximum Gasteiger partial charge on any atom is 0.251 e. The summed E-state index contributed by atoms with van der Waals surface area (Å²) in [7, 11) is 1.67. The van der Waals surface area contributed by atoms with Crippen molar-refractivity contribution in [3.05, 3.63) is 33.7 Å². The minimum atomic E-state index is -0.563. The number of hydrogen-bond acceptors (Lipinski definition) is 2. The number of primary amides is 1. The second kappa shape index (κ2) is 3.43. The lowest BCUT2D eigenvalue weighted by Crippen LogP contribution is -2.23. The van der Waals surface area contributed by atoms with Gasteiger partial charge in [-0.1, -0.05) is 6.92 Å². The van der Waals surface area contributed by atoms with Crippen LogP contribution in [0.3, 0.4) is 0 Å². The summed E-state index contributed by atoms with van der Waals surface area (Å²) in [6.07, 6.45) is 0.701. The van der Waals surface area contributed by atoms with Crippen LogP contribution in [0.25, 0.3) is 0 Å². The first kappa shape index (κ1) is 9.51. The number of carbonyl (C=O) groups is 1. The molecule has 1 heterocycles. The Bertz CT molecular complexity index is 393. The number of aromatic nitrogens is 1. The Morgan fingerprint density at radius 1 is 1.54 bits per heavy atom. The fraction of sp³-hybridized carbons (Fsp3) is 0.333. The summed E-state index contributed by atoms with van der Waals surface area (Å²) in [5.74, 6) is -0.563. The quantitative estimate of drug-likeness (QED) is 0.698. The van der Waals surface area contributed by atoms with Crippen molar-refractivity contribution in [1.82, 2.24) is 4.57 Å². The molecule has 0 spiro atoms. The molecule has 4 nitrogen and oxygen atoms in total. The lowest BCUT2D eigenvalue weighted by molar-refractivity contribution is 0.1000. The fourth-order valence-electron chi connectivity index (χ4n) is 1.17. The Morgan fingerprint density at radius 2 is 2.15 bits per heavy atom. The minimum Gasteiger partial charge on any atom is -0.366 e. The predicted octanol–water partition coefficient (Wildman–Crippen LogP) is 0.0466. The molecule has 0 aliphatic carbocycles. The summed E-state index contributed by atoms with van der Waals surface area (Å²) >= 11 is 0. The largest absolute Gasteiger partial charge is 0.366 e. The van der Waals surface area contributed by atoms with E-state index in [9.17, 15) is 9.59 Å². The van der Waals surface area contributed by atoms with Crippen molar-refractivity contribution < 1.29 is 4.79 Å². The van der Waals surface area contributed by atoms with Crippen molar-refractivity contribution in [3.8, 4) is 0 Å². The normalized spacial score (nSPS) is 10.0. The van der Waals surface area contributed by atoms with E-state index in [2.05, 4.69) is 0 Å². The van der Waals surface area contributed by atoms with Crippen molar-refractivity contribution in [2.24, 2.45) is 12.8 Å². The van der Waals surface area contributed by atoms with E-state index in [1.807, 2.05) is 6.92 Å². The summed E-state index contributed by atoms with van der Waals surface area (Å²) in [5, 5.41) is 0. The van der Waals surface area contributed by atoms with E-state index in [0.29, 0.717) is 6.42 Å². The molecular weight excluding hydrogens is 168 g/mol.